The quantitative estimate of drug-likeness (QED) is 0.216. The topological polar surface area (TPSA) is 140 Å². The van der Waals surface area contributed by atoms with Crippen molar-refractivity contribution in [2.45, 2.75) is 25.4 Å². The molecule has 10 nitrogen and oxygen atoms in total. The second kappa shape index (κ2) is 12.3. The number of aromatic nitrogens is 2. The second-order valence-electron chi connectivity index (χ2n) is 7.99. The zero-order chi connectivity index (χ0) is 27.0. The Morgan fingerprint density at radius 1 is 1.11 bits per heavy atom. The van der Waals surface area contributed by atoms with Crippen LogP contribution in [0.15, 0.2) is 47.1 Å². The largest absolute Gasteiger partial charge is 0.493 e. The average molecular weight is 543 g/mol. The number of rotatable bonds is 11. The number of amides is 1. The number of anilines is 1. The van der Waals surface area contributed by atoms with Crippen LogP contribution in [0.5, 0.6) is 17.2 Å². The first-order chi connectivity index (χ1) is 17.6. The summed E-state index contributed by atoms with van der Waals surface area (Å²) < 4.78 is 43.7. The molecular formula is C25H26N4O6S2. The molecule has 3 aromatic rings. The van der Waals surface area contributed by atoms with Gasteiger partial charge in [0.25, 0.3) is 11.1 Å². The van der Waals surface area contributed by atoms with Crippen molar-refractivity contribution in [1.82, 2.24) is 9.36 Å². The molecule has 1 amide bonds. The Labute approximate surface area is 219 Å². The summed E-state index contributed by atoms with van der Waals surface area (Å²) in [5, 5.41) is 11.4. The van der Waals surface area contributed by atoms with Gasteiger partial charge in [-0.15, -0.1) is 0 Å². The first-order valence-electron chi connectivity index (χ1n) is 11.1. The van der Waals surface area contributed by atoms with E-state index in [1.165, 1.54) is 24.3 Å². The number of aryl methyl sites for hydroxylation is 2. The molecular weight excluding hydrogens is 516 g/mol. The molecule has 0 aliphatic carbocycles. The lowest BCUT2D eigenvalue weighted by Gasteiger charge is -2.12. The van der Waals surface area contributed by atoms with E-state index in [2.05, 4.69) is 21.6 Å². The van der Waals surface area contributed by atoms with Gasteiger partial charge in [0.2, 0.25) is 15.0 Å². The Hall–Kier alpha value is -3.95. The Balaban J connectivity index is 1.59. The van der Waals surface area contributed by atoms with Gasteiger partial charge in [0.05, 0.1) is 20.3 Å². The lowest BCUT2D eigenvalue weighted by atomic mass is 10.1. The number of nitrogens with one attached hydrogen (secondary N) is 1. The average Bonchev–Trinajstić information content (AvgIpc) is 3.34. The van der Waals surface area contributed by atoms with Crippen molar-refractivity contribution in [3.05, 3.63) is 58.7 Å². The van der Waals surface area contributed by atoms with Crippen molar-refractivity contribution in [2.24, 2.45) is 0 Å². The zero-order valence-corrected chi connectivity index (χ0v) is 22.4. The number of methoxy groups -OCH3 is 1. The summed E-state index contributed by atoms with van der Waals surface area (Å²) in [6.07, 6.45) is 2.99. The van der Waals surface area contributed by atoms with Gasteiger partial charge in [-0.3, -0.25) is 10.1 Å². The van der Waals surface area contributed by atoms with Crippen molar-refractivity contribution < 1.29 is 27.4 Å². The monoisotopic (exact) mass is 542 g/mol. The number of sulfone groups is 1. The van der Waals surface area contributed by atoms with E-state index in [0.717, 1.165) is 12.0 Å². The summed E-state index contributed by atoms with van der Waals surface area (Å²) >= 11 is 0.703. The van der Waals surface area contributed by atoms with Crippen LogP contribution in [0, 0.1) is 25.2 Å². The molecule has 0 atom stereocenters. The fraction of sp³-hybridized carbons (Fsp3) is 0.280. The van der Waals surface area contributed by atoms with E-state index in [1.807, 2.05) is 31.2 Å². The van der Waals surface area contributed by atoms with Crippen LogP contribution in [-0.4, -0.2) is 50.3 Å². The predicted molar refractivity (Wildman–Crippen MR) is 140 cm³/mol. The van der Waals surface area contributed by atoms with E-state index in [4.69, 9.17) is 14.2 Å². The van der Waals surface area contributed by atoms with Crippen molar-refractivity contribution in [2.75, 3.05) is 31.9 Å². The summed E-state index contributed by atoms with van der Waals surface area (Å²) in [6.45, 7) is 4.99. The van der Waals surface area contributed by atoms with Gasteiger partial charge < -0.3 is 14.2 Å². The second-order valence-corrected chi connectivity index (χ2v) is 10.6. The summed E-state index contributed by atoms with van der Waals surface area (Å²) in [5.41, 5.74) is 2.70. The van der Waals surface area contributed by atoms with Crippen LogP contribution in [0.25, 0.3) is 6.08 Å². The molecule has 1 aromatic heterocycles. The minimum atomic E-state index is -3.61. The Morgan fingerprint density at radius 3 is 2.51 bits per heavy atom. The van der Waals surface area contributed by atoms with E-state index < -0.39 is 20.9 Å². The first kappa shape index (κ1) is 27.6. The van der Waals surface area contributed by atoms with E-state index in [0.29, 0.717) is 48.2 Å². The van der Waals surface area contributed by atoms with Crippen LogP contribution < -0.4 is 19.5 Å². The molecule has 12 heteroatoms. The third-order valence-corrected chi connectivity index (χ3v) is 6.71. The summed E-state index contributed by atoms with van der Waals surface area (Å²) in [4.78, 5) is 16.2. The number of carbonyl (C=O) groups is 1. The molecule has 0 saturated carbocycles. The van der Waals surface area contributed by atoms with Gasteiger partial charge in [-0.2, -0.15) is 14.6 Å². The van der Waals surface area contributed by atoms with Crippen LogP contribution in [0.2, 0.25) is 0 Å². The molecule has 0 saturated heterocycles. The fourth-order valence-corrected chi connectivity index (χ4v) is 4.46. The van der Waals surface area contributed by atoms with Crippen LogP contribution in [0.1, 0.15) is 23.1 Å². The van der Waals surface area contributed by atoms with Gasteiger partial charge in [-0.1, -0.05) is 12.1 Å². The highest BCUT2D eigenvalue weighted by Gasteiger charge is 2.17. The molecule has 37 heavy (non-hydrogen) atoms. The number of benzene rings is 2. The maximum Gasteiger partial charge on any atom is 0.268 e. The molecule has 0 bridgehead atoms. The Morgan fingerprint density at radius 2 is 1.86 bits per heavy atom. The van der Waals surface area contributed by atoms with Crippen molar-refractivity contribution in [1.29, 1.82) is 5.26 Å². The maximum absolute atomic E-state index is 12.5. The molecule has 0 radical (unpaired) electrons. The zero-order valence-electron chi connectivity index (χ0n) is 20.8. The van der Waals surface area contributed by atoms with Crippen LogP contribution in [0.3, 0.4) is 0 Å². The third-order valence-electron chi connectivity index (χ3n) is 5.12. The van der Waals surface area contributed by atoms with Crippen LogP contribution in [-0.2, 0) is 14.6 Å². The molecule has 0 unspecified atom stereocenters. The van der Waals surface area contributed by atoms with Gasteiger partial charge in [0, 0.05) is 24.2 Å². The smallest absolute Gasteiger partial charge is 0.268 e. The first-order valence-corrected chi connectivity index (χ1v) is 13.7. The molecule has 1 heterocycles. The molecule has 194 valence electrons. The van der Waals surface area contributed by atoms with Gasteiger partial charge in [0.1, 0.15) is 17.4 Å². The van der Waals surface area contributed by atoms with Gasteiger partial charge >= 0.3 is 0 Å². The number of hydrogen-bond acceptors (Lipinski definition) is 10. The predicted octanol–water partition coefficient (Wildman–Crippen LogP) is 3.96. The van der Waals surface area contributed by atoms with E-state index in [9.17, 15) is 18.5 Å². The molecule has 0 aliphatic rings. The van der Waals surface area contributed by atoms with E-state index in [-0.39, 0.29) is 10.7 Å². The summed E-state index contributed by atoms with van der Waals surface area (Å²) in [7, 11) is -2.11. The SMILES string of the molecule is COc1cc(C=C(C#N)C(=O)Nc2nc(S(C)(=O)=O)ns2)ccc1OCCCOc1ccc(C)c(C)c1. The highest BCUT2D eigenvalue weighted by molar-refractivity contribution is 7.90. The van der Waals surface area contributed by atoms with Crippen LogP contribution in [0.4, 0.5) is 5.13 Å². The van der Waals surface area contributed by atoms with Crippen molar-refractivity contribution in [3.63, 3.8) is 0 Å². The van der Waals surface area contributed by atoms with E-state index >= 15 is 0 Å². The molecule has 0 aliphatic heterocycles. The third kappa shape index (κ3) is 7.77. The normalized spacial score (nSPS) is 11.5. The fourth-order valence-electron chi connectivity index (χ4n) is 3.02. The molecule has 0 fully saturated rings. The summed E-state index contributed by atoms with van der Waals surface area (Å²) in [5.74, 6) is 1.01. The number of nitriles is 1. The van der Waals surface area contributed by atoms with Gasteiger partial charge in [-0.25, -0.2) is 8.42 Å². The molecule has 2 aromatic carbocycles. The number of ether oxygens (including phenoxy) is 3. The highest BCUT2D eigenvalue weighted by Crippen LogP contribution is 2.29. The van der Waals surface area contributed by atoms with Gasteiger partial charge in [0.15, 0.2) is 11.5 Å². The number of nitrogens with zero attached hydrogens (tertiary/aromatic N) is 3. The lowest BCUT2D eigenvalue weighted by molar-refractivity contribution is -0.112. The Bertz CT molecular complexity index is 1460. The Kier molecular flexibility index (Phi) is 9.21. The maximum atomic E-state index is 12.5. The molecule has 3 rings (SSSR count). The van der Waals surface area contributed by atoms with Crippen molar-refractivity contribution in [3.8, 4) is 23.3 Å². The minimum absolute atomic E-state index is 0.0330. The standard InChI is InChI=1S/C25H26N4O6S2/c1-16-6-8-20(12-17(16)2)34-10-5-11-35-21-9-7-18(14-22(21)33-3)13-19(15-26)23(30)27-24-28-25(29-36-24)37(4,31)32/h6-9,12-14H,5,10-11H2,1-4H3,(H,27,28,29,30). The number of carbonyl (C=O) groups excluding carboxylic acids is 1. The minimum Gasteiger partial charge on any atom is -0.493 e. The van der Waals surface area contributed by atoms with Crippen LogP contribution >= 0.6 is 11.5 Å². The summed E-state index contributed by atoms with van der Waals surface area (Å²) in [6, 6.07) is 12.8. The highest BCUT2D eigenvalue weighted by atomic mass is 32.2. The molecule has 1 N–H and O–H groups in total. The van der Waals surface area contributed by atoms with Crippen molar-refractivity contribution >= 4 is 38.5 Å². The lowest BCUT2D eigenvalue weighted by Crippen LogP contribution is -2.13. The number of hydrogen-bond donors (Lipinski definition) is 1. The van der Waals surface area contributed by atoms with Gasteiger partial charge in [-0.05, 0) is 60.9 Å². The molecule has 0 spiro atoms. The van der Waals surface area contributed by atoms with E-state index in [1.54, 1.807) is 18.2 Å².